The fraction of sp³-hybridized carbons (Fsp3) is 0.419. The monoisotopic (exact) mass is 706 g/mol. The number of halogens is 3. The minimum atomic E-state index is -4.65. The molecule has 270 valence electrons. The molecule has 0 saturated heterocycles. The molecular formula is C31H37F3N8O8. The number of carboxylic acid groups (broad SMARTS) is 1. The number of nitrogens with zero attached hydrogens (tertiary/aromatic N) is 3. The van der Waals surface area contributed by atoms with Gasteiger partial charge >= 0.3 is 18.2 Å². The second-order valence-electron chi connectivity index (χ2n) is 10.9. The number of carbonyl (C=O) groups is 3. The van der Waals surface area contributed by atoms with Crippen LogP contribution in [0.4, 0.5) is 30.8 Å². The van der Waals surface area contributed by atoms with Crippen LogP contribution in [0.1, 0.15) is 41.6 Å². The first kappa shape index (κ1) is 37.4. The van der Waals surface area contributed by atoms with Crippen molar-refractivity contribution in [2.45, 2.75) is 50.7 Å². The zero-order valence-electron chi connectivity index (χ0n) is 26.9. The van der Waals surface area contributed by atoms with Crippen molar-refractivity contribution in [2.75, 3.05) is 44.0 Å². The number of nitrogens with one attached hydrogen (secondary N) is 5. The lowest BCUT2D eigenvalue weighted by atomic mass is 10.1. The van der Waals surface area contributed by atoms with Crippen LogP contribution in [0.25, 0.3) is 0 Å². The number of alkyl halides is 3. The molecule has 50 heavy (non-hydrogen) atoms. The summed E-state index contributed by atoms with van der Waals surface area (Å²) in [6.45, 7) is -1.25. The molecule has 1 unspecified atom stereocenters. The Morgan fingerprint density at radius 3 is 2.36 bits per heavy atom. The zero-order valence-corrected chi connectivity index (χ0v) is 26.9. The summed E-state index contributed by atoms with van der Waals surface area (Å²) >= 11 is 0. The number of aliphatic carboxylic acids is 1. The van der Waals surface area contributed by atoms with E-state index in [2.05, 4.69) is 41.5 Å². The lowest BCUT2D eigenvalue weighted by Crippen LogP contribution is -2.52. The second kappa shape index (κ2) is 17.8. The molecule has 0 saturated carbocycles. The van der Waals surface area contributed by atoms with Gasteiger partial charge in [0.2, 0.25) is 11.9 Å². The number of hydrogen-bond donors (Lipinski definition) is 7. The Hall–Kier alpha value is -5.43. The predicted molar refractivity (Wildman–Crippen MR) is 171 cm³/mol. The van der Waals surface area contributed by atoms with Crippen LogP contribution >= 0.6 is 0 Å². The fourth-order valence-electron chi connectivity index (χ4n) is 4.45. The Labute approximate surface area is 284 Å². The minimum Gasteiger partial charge on any atom is -0.494 e. The highest BCUT2D eigenvalue weighted by molar-refractivity contribution is 5.99. The number of aliphatic hydroxyl groups is 1. The summed E-state index contributed by atoms with van der Waals surface area (Å²) in [7, 11) is 1.29. The molecule has 6 bridgehead atoms. The van der Waals surface area contributed by atoms with Gasteiger partial charge in [-0.3, -0.25) is 14.9 Å². The van der Waals surface area contributed by atoms with Gasteiger partial charge in [0.15, 0.2) is 12.8 Å². The fourth-order valence-corrected chi connectivity index (χ4v) is 4.45. The number of ether oxygens (including phenoxy) is 3. The van der Waals surface area contributed by atoms with Crippen molar-refractivity contribution in [1.29, 1.82) is 0 Å². The number of aromatic nitrogens is 3. The number of hydrogen-bond acceptors (Lipinski definition) is 13. The molecule has 0 fully saturated rings. The number of carboxylic acids is 1. The van der Waals surface area contributed by atoms with Crippen LogP contribution in [-0.2, 0) is 16.1 Å². The first-order valence-electron chi connectivity index (χ1n) is 15.5. The predicted octanol–water partition coefficient (Wildman–Crippen LogP) is 2.34. The number of anilines is 3. The van der Waals surface area contributed by atoms with Gasteiger partial charge in [-0.05, 0) is 55.5 Å². The van der Waals surface area contributed by atoms with E-state index in [1.54, 1.807) is 12.1 Å². The van der Waals surface area contributed by atoms with Crippen molar-refractivity contribution >= 4 is 35.4 Å². The molecule has 2 aliphatic rings. The summed E-state index contributed by atoms with van der Waals surface area (Å²) in [5, 5.41) is 32.2. The summed E-state index contributed by atoms with van der Waals surface area (Å²) in [5.74, 6) is -2.63. The van der Waals surface area contributed by atoms with E-state index in [-0.39, 0.29) is 42.0 Å². The van der Waals surface area contributed by atoms with E-state index in [0.29, 0.717) is 18.8 Å². The Kier molecular flexibility index (Phi) is 13.3. The van der Waals surface area contributed by atoms with Gasteiger partial charge in [-0.15, -0.1) is 0 Å². The highest BCUT2D eigenvalue weighted by Crippen LogP contribution is 2.27. The molecule has 2 atom stereocenters. The van der Waals surface area contributed by atoms with Crippen LogP contribution in [0.2, 0.25) is 0 Å². The van der Waals surface area contributed by atoms with E-state index >= 15 is 0 Å². The first-order chi connectivity index (χ1) is 23.9. The van der Waals surface area contributed by atoms with Gasteiger partial charge in [0.25, 0.3) is 11.8 Å². The second-order valence-corrected chi connectivity index (χ2v) is 10.9. The molecule has 2 aliphatic heterocycles. The van der Waals surface area contributed by atoms with Crippen LogP contribution in [0.3, 0.4) is 0 Å². The van der Waals surface area contributed by atoms with Crippen LogP contribution < -0.4 is 40.8 Å². The maximum Gasteiger partial charge on any atom is 0.422 e. The number of amides is 2. The molecule has 0 aliphatic carbocycles. The lowest BCUT2D eigenvalue weighted by molar-refractivity contribution is -0.154. The van der Waals surface area contributed by atoms with Crippen molar-refractivity contribution in [1.82, 2.24) is 30.9 Å². The van der Waals surface area contributed by atoms with Crippen LogP contribution in [0, 0.1) is 0 Å². The summed E-state index contributed by atoms with van der Waals surface area (Å²) in [6, 6.07) is 9.29. The Bertz CT molecular complexity index is 1610. The smallest absolute Gasteiger partial charge is 0.422 e. The highest BCUT2D eigenvalue weighted by atomic mass is 19.4. The van der Waals surface area contributed by atoms with Crippen LogP contribution in [0.5, 0.6) is 17.5 Å². The van der Waals surface area contributed by atoms with Crippen molar-refractivity contribution in [2.24, 2.45) is 0 Å². The standard InChI is InChI=1S/C31H37F3N8O8/c1-35-25(44)26(45)36-16-22(27(46)47)39-24(43)21-11-8-19-14-23(21)49-13-5-3-2-4-12-48-20-9-6-18(7-10-20)15-37-28-40-29(38-19)42-30(41-28)50-17-31(32,33)34/h6-11,14,22,26,36,45H,2-5,12-13,15-17H2,1H3,(H,35,44)(H,39,43)(H,46,47)(H2,37,38,40,41,42)/t22-,26?/m0/s1. The summed E-state index contributed by atoms with van der Waals surface area (Å²) in [6.07, 6.45) is -3.35. The summed E-state index contributed by atoms with van der Waals surface area (Å²) in [4.78, 5) is 48.9. The molecule has 7 N–H and O–H groups in total. The van der Waals surface area contributed by atoms with Gasteiger partial charge in [0, 0.05) is 31.9 Å². The normalized spacial score (nSPS) is 15.0. The van der Waals surface area contributed by atoms with E-state index in [9.17, 15) is 37.8 Å². The largest absolute Gasteiger partial charge is 0.494 e. The molecular weight excluding hydrogens is 669 g/mol. The zero-order chi connectivity index (χ0) is 36.1. The third kappa shape index (κ3) is 11.9. The first-order valence-corrected chi connectivity index (χ1v) is 15.5. The van der Waals surface area contributed by atoms with E-state index in [4.69, 9.17) is 14.2 Å². The number of benzene rings is 2. The SMILES string of the molecule is CNC(=O)C(O)NC[C@H](NC(=O)c1ccc2cc1OCCCCCCOc1ccc(cc1)CNc1nc(nc(OCC(F)(F)F)n1)N2)C(=O)O. The summed E-state index contributed by atoms with van der Waals surface area (Å²) < 4.78 is 55.3. The van der Waals surface area contributed by atoms with Crippen LogP contribution in [0.15, 0.2) is 42.5 Å². The van der Waals surface area contributed by atoms with Crippen molar-refractivity contribution in [3.63, 3.8) is 0 Å². The Morgan fingerprint density at radius 2 is 1.68 bits per heavy atom. The molecule has 0 radical (unpaired) electrons. The van der Waals surface area contributed by atoms with Crippen molar-refractivity contribution in [3.05, 3.63) is 53.6 Å². The average Bonchev–Trinajstić information content (AvgIpc) is 3.08. The van der Waals surface area contributed by atoms with Gasteiger partial charge in [-0.1, -0.05) is 12.1 Å². The molecule has 1 aromatic heterocycles. The van der Waals surface area contributed by atoms with Crippen molar-refractivity contribution in [3.8, 4) is 17.5 Å². The third-order valence-corrected chi connectivity index (χ3v) is 7.01. The van der Waals surface area contributed by atoms with E-state index < -0.39 is 55.4 Å². The van der Waals surface area contributed by atoms with Crippen molar-refractivity contribution < 1.29 is 52.0 Å². The third-order valence-electron chi connectivity index (χ3n) is 7.01. The topological polar surface area (TPSA) is 218 Å². The average molecular weight is 707 g/mol. The summed E-state index contributed by atoms with van der Waals surface area (Å²) in [5.41, 5.74) is 1.03. The van der Waals surface area contributed by atoms with E-state index in [1.807, 2.05) is 12.1 Å². The maximum atomic E-state index is 13.3. The number of rotatable bonds is 9. The Morgan fingerprint density at radius 1 is 0.980 bits per heavy atom. The van der Waals surface area contributed by atoms with Crippen LogP contribution in [-0.4, -0.2) is 94.8 Å². The van der Waals surface area contributed by atoms with E-state index in [0.717, 1.165) is 24.8 Å². The number of fused-ring (bicyclic) bond motifs is 10. The molecule has 2 aromatic carbocycles. The highest BCUT2D eigenvalue weighted by Gasteiger charge is 2.29. The Balaban J connectivity index is 1.60. The number of aliphatic hydroxyl groups excluding tert-OH is 1. The van der Waals surface area contributed by atoms with Gasteiger partial charge in [0.1, 0.15) is 17.5 Å². The van der Waals surface area contributed by atoms with E-state index in [1.165, 1.54) is 25.2 Å². The maximum absolute atomic E-state index is 13.3. The minimum absolute atomic E-state index is 0.0443. The number of likely N-dealkylation sites (N-methyl/N-ethyl adjacent to an activating group) is 1. The van der Waals surface area contributed by atoms with Gasteiger partial charge in [-0.2, -0.15) is 28.1 Å². The van der Waals surface area contributed by atoms with Gasteiger partial charge in [0.05, 0.1) is 18.8 Å². The van der Waals surface area contributed by atoms with Gasteiger partial charge in [-0.25, -0.2) is 4.79 Å². The molecule has 3 aromatic rings. The molecule has 3 heterocycles. The molecule has 2 amide bonds. The number of carbonyl (C=O) groups excluding carboxylic acids is 2. The lowest BCUT2D eigenvalue weighted by Gasteiger charge is -2.19. The molecule has 0 spiro atoms. The molecule has 16 nitrogen and oxygen atoms in total. The molecule has 19 heteroatoms. The van der Waals surface area contributed by atoms with Gasteiger partial charge < -0.3 is 45.7 Å². The quantitative estimate of drug-likeness (QED) is 0.159. The molecule has 5 rings (SSSR count).